The predicted molar refractivity (Wildman–Crippen MR) is 60.4 cm³/mol. The Morgan fingerprint density at radius 2 is 2.19 bits per heavy atom. The van der Waals surface area contributed by atoms with Crippen molar-refractivity contribution in [2.75, 3.05) is 0 Å². The molecule has 0 aromatic heterocycles. The highest BCUT2D eigenvalue weighted by Crippen LogP contribution is 2.41. The van der Waals surface area contributed by atoms with Crippen LogP contribution in [0.1, 0.15) is 37.4 Å². The van der Waals surface area contributed by atoms with Crippen molar-refractivity contribution in [1.82, 2.24) is 5.32 Å². The molecule has 1 N–H and O–H groups in total. The van der Waals surface area contributed by atoms with Crippen LogP contribution in [0.5, 0.6) is 5.75 Å². The highest BCUT2D eigenvalue weighted by atomic mass is 16.5. The van der Waals surface area contributed by atoms with E-state index in [0.29, 0.717) is 6.42 Å². The van der Waals surface area contributed by atoms with Crippen LogP contribution >= 0.6 is 0 Å². The lowest BCUT2D eigenvalue weighted by Gasteiger charge is -2.29. The third kappa shape index (κ3) is 1.39. The Hall–Kier alpha value is -1.51. The lowest BCUT2D eigenvalue weighted by molar-refractivity contribution is -0.128. The number of rotatable bonds is 1. The Morgan fingerprint density at radius 3 is 2.88 bits per heavy atom. The fraction of sp³-hybridized carbons (Fsp3) is 0.462. The molecule has 2 aliphatic heterocycles. The van der Waals surface area contributed by atoms with Crippen molar-refractivity contribution in [3.63, 3.8) is 0 Å². The Kier molecular flexibility index (Phi) is 1.82. The molecule has 0 aliphatic carbocycles. The van der Waals surface area contributed by atoms with E-state index in [2.05, 4.69) is 25.2 Å². The van der Waals surface area contributed by atoms with Crippen molar-refractivity contribution >= 4 is 5.91 Å². The highest BCUT2D eigenvalue weighted by molar-refractivity contribution is 5.83. The van der Waals surface area contributed by atoms with Gasteiger partial charge in [0.2, 0.25) is 5.91 Å². The number of para-hydroxylation sites is 1. The number of hydrogen-bond acceptors (Lipinski definition) is 2. The minimum atomic E-state index is -0.119. The van der Waals surface area contributed by atoms with Crippen molar-refractivity contribution in [3.05, 3.63) is 29.3 Å². The third-order valence-electron chi connectivity index (χ3n) is 3.22. The summed E-state index contributed by atoms with van der Waals surface area (Å²) >= 11 is 0. The Labute approximate surface area is 94.8 Å². The molecule has 1 unspecified atom stereocenters. The quantitative estimate of drug-likeness (QED) is 0.730. The second-order valence-corrected chi connectivity index (χ2v) is 5.20. The zero-order valence-corrected chi connectivity index (χ0v) is 9.54. The van der Waals surface area contributed by atoms with E-state index in [1.807, 2.05) is 12.1 Å². The largest absolute Gasteiger partial charge is 0.487 e. The van der Waals surface area contributed by atoms with Crippen molar-refractivity contribution in [2.45, 2.75) is 38.3 Å². The van der Waals surface area contributed by atoms with Crippen LogP contribution in [0.2, 0.25) is 0 Å². The molecular formula is C13H15NO2. The van der Waals surface area contributed by atoms with Gasteiger partial charge in [0.25, 0.3) is 0 Å². The van der Waals surface area contributed by atoms with E-state index in [4.69, 9.17) is 4.74 Å². The maximum atomic E-state index is 11.0. The second-order valence-electron chi connectivity index (χ2n) is 5.20. The Balaban J connectivity index is 1.97. The number of nitrogens with one attached hydrogen (secondary N) is 1. The molecule has 2 heterocycles. The van der Waals surface area contributed by atoms with E-state index in [9.17, 15) is 4.79 Å². The predicted octanol–water partition coefficient (Wildman–Crippen LogP) is 1.96. The molecule has 1 atom stereocenters. The van der Waals surface area contributed by atoms with Crippen LogP contribution in [0.25, 0.3) is 0 Å². The molecule has 3 rings (SSSR count). The van der Waals surface area contributed by atoms with E-state index >= 15 is 0 Å². The van der Waals surface area contributed by atoms with Crippen LogP contribution in [0.3, 0.4) is 0 Å². The standard InChI is InChI=1S/C13H15NO2/c1-13(2)7-8-4-3-5-9(12(8)16-13)10-6-11(15)14-10/h3-5,10H,6-7H2,1-2H3,(H,14,15). The van der Waals surface area contributed by atoms with Gasteiger partial charge >= 0.3 is 0 Å². The first-order valence-electron chi connectivity index (χ1n) is 5.65. The monoisotopic (exact) mass is 217 g/mol. The zero-order chi connectivity index (χ0) is 11.3. The molecule has 0 radical (unpaired) electrons. The summed E-state index contributed by atoms with van der Waals surface area (Å²) in [6, 6.07) is 6.35. The molecule has 0 bridgehead atoms. The number of carbonyl (C=O) groups is 1. The summed E-state index contributed by atoms with van der Waals surface area (Å²) in [7, 11) is 0. The van der Waals surface area contributed by atoms with Crippen LogP contribution in [0, 0.1) is 0 Å². The fourth-order valence-corrected chi connectivity index (χ4v) is 2.46. The van der Waals surface area contributed by atoms with Crippen LogP contribution < -0.4 is 10.1 Å². The average Bonchev–Trinajstić information content (AvgIpc) is 2.46. The van der Waals surface area contributed by atoms with Gasteiger partial charge in [-0.25, -0.2) is 0 Å². The normalized spacial score (nSPS) is 25.4. The van der Waals surface area contributed by atoms with Gasteiger partial charge in [0.15, 0.2) is 0 Å². The van der Waals surface area contributed by atoms with Crippen molar-refractivity contribution in [2.24, 2.45) is 0 Å². The molecular weight excluding hydrogens is 202 g/mol. The van der Waals surface area contributed by atoms with E-state index in [1.165, 1.54) is 5.56 Å². The number of amides is 1. The van der Waals surface area contributed by atoms with Gasteiger partial charge in [-0.15, -0.1) is 0 Å². The number of benzene rings is 1. The lowest BCUT2D eigenvalue weighted by atomic mass is 9.93. The summed E-state index contributed by atoms with van der Waals surface area (Å²) in [6.07, 6.45) is 1.52. The maximum absolute atomic E-state index is 11.0. The number of carbonyl (C=O) groups excluding carboxylic acids is 1. The summed E-state index contributed by atoms with van der Waals surface area (Å²) in [4.78, 5) is 11.0. The average molecular weight is 217 g/mol. The van der Waals surface area contributed by atoms with Crippen molar-refractivity contribution in [3.8, 4) is 5.75 Å². The summed E-state index contributed by atoms with van der Waals surface area (Å²) in [5.74, 6) is 1.11. The molecule has 3 heteroatoms. The van der Waals surface area contributed by atoms with Crippen LogP contribution in [0.15, 0.2) is 18.2 Å². The van der Waals surface area contributed by atoms with E-state index in [-0.39, 0.29) is 17.6 Å². The van der Waals surface area contributed by atoms with Gasteiger partial charge in [0, 0.05) is 12.0 Å². The molecule has 1 fully saturated rings. The molecule has 1 aromatic rings. The van der Waals surface area contributed by atoms with Gasteiger partial charge in [-0.2, -0.15) is 0 Å². The molecule has 0 spiro atoms. The van der Waals surface area contributed by atoms with E-state index < -0.39 is 0 Å². The van der Waals surface area contributed by atoms with E-state index in [0.717, 1.165) is 17.7 Å². The molecule has 84 valence electrons. The molecule has 1 amide bonds. The summed E-state index contributed by atoms with van der Waals surface area (Å²) in [6.45, 7) is 4.19. The van der Waals surface area contributed by atoms with Gasteiger partial charge < -0.3 is 10.1 Å². The van der Waals surface area contributed by atoms with Crippen LogP contribution in [-0.4, -0.2) is 11.5 Å². The van der Waals surface area contributed by atoms with Crippen LogP contribution in [-0.2, 0) is 11.2 Å². The number of ether oxygens (including phenoxy) is 1. The Bertz CT molecular complexity index is 457. The number of fused-ring (bicyclic) bond motifs is 1. The first-order chi connectivity index (χ1) is 7.55. The minimum Gasteiger partial charge on any atom is -0.487 e. The van der Waals surface area contributed by atoms with Gasteiger partial charge in [0.1, 0.15) is 11.4 Å². The lowest BCUT2D eigenvalue weighted by Crippen LogP contribution is -2.41. The van der Waals surface area contributed by atoms with Crippen molar-refractivity contribution < 1.29 is 9.53 Å². The summed E-state index contributed by atoms with van der Waals surface area (Å²) < 4.78 is 5.97. The maximum Gasteiger partial charge on any atom is 0.222 e. The summed E-state index contributed by atoms with van der Waals surface area (Å²) in [5, 5.41) is 2.90. The molecule has 1 saturated heterocycles. The molecule has 0 saturated carbocycles. The first-order valence-corrected chi connectivity index (χ1v) is 5.65. The second kappa shape index (κ2) is 3.00. The van der Waals surface area contributed by atoms with E-state index in [1.54, 1.807) is 0 Å². The third-order valence-corrected chi connectivity index (χ3v) is 3.22. The molecule has 3 nitrogen and oxygen atoms in total. The zero-order valence-electron chi connectivity index (χ0n) is 9.54. The fourth-order valence-electron chi connectivity index (χ4n) is 2.46. The SMILES string of the molecule is CC1(C)Cc2cccc(C3CC(=O)N3)c2O1. The van der Waals surface area contributed by atoms with Gasteiger partial charge in [-0.1, -0.05) is 18.2 Å². The topological polar surface area (TPSA) is 38.3 Å². The van der Waals surface area contributed by atoms with Gasteiger partial charge in [-0.05, 0) is 19.4 Å². The molecule has 16 heavy (non-hydrogen) atoms. The number of hydrogen-bond donors (Lipinski definition) is 1. The minimum absolute atomic E-state index is 0.119. The van der Waals surface area contributed by atoms with Gasteiger partial charge in [-0.3, -0.25) is 4.79 Å². The number of β-lactam (4-membered cyclic amide) rings is 1. The van der Waals surface area contributed by atoms with Crippen LogP contribution in [0.4, 0.5) is 0 Å². The highest BCUT2D eigenvalue weighted by Gasteiger charge is 2.36. The molecule has 1 aromatic carbocycles. The summed E-state index contributed by atoms with van der Waals surface area (Å²) in [5.41, 5.74) is 2.26. The molecule has 2 aliphatic rings. The Morgan fingerprint density at radius 1 is 1.44 bits per heavy atom. The first kappa shape index (κ1) is 9.70. The smallest absolute Gasteiger partial charge is 0.222 e. The van der Waals surface area contributed by atoms with Gasteiger partial charge in [0.05, 0.1) is 12.5 Å². The van der Waals surface area contributed by atoms with Crippen molar-refractivity contribution in [1.29, 1.82) is 0 Å².